The van der Waals surface area contributed by atoms with Gasteiger partial charge in [-0.25, -0.2) is 9.78 Å². The molecule has 1 saturated heterocycles. The minimum atomic E-state index is -0.688. The summed E-state index contributed by atoms with van der Waals surface area (Å²) in [7, 11) is 3.51. The zero-order chi connectivity index (χ0) is 25.4. The fourth-order valence-corrected chi connectivity index (χ4v) is 5.26. The number of rotatable bonds is 6. The summed E-state index contributed by atoms with van der Waals surface area (Å²) in [6.07, 6.45) is 3.82. The number of carboxylic acids is 1. The van der Waals surface area contributed by atoms with Crippen LogP contribution in [0, 0.1) is 11.8 Å². The number of H-pyrrole nitrogens is 1. The Hall–Kier alpha value is -3.33. The number of carbonyl (C=O) groups excluding carboxylic acids is 1. The molecule has 2 fully saturated rings. The largest absolute Gasteiger partial charge is 0.481 e. The average molecular weight is 512 g/mol. The number of ether oxygens (including phenoxy) is 1. The van der Waals surface area contributed by atoms with Crippen molar-refractivity contribution < 1.29 is 19.4 Å². The number of aliphatic carboxylic acids is 1. The van der Waals surface area contributed by atoms with Crippen LogP contribution in [0.5, 0.6) is 6.01 Å². The average Bonchev–Trinajstić information content (AvgIpc) is 3.21. The number of carboxylic acid groups (broad SMARTS) is 1. The first-order valence-corrected chi connectivity index (χ1v) is 12.7. The molecule has 9 nitrogen and oxygen atoms in total. The van der Waals surface area contributed by atoms with Crippen molar-refractivity contribution in [2.45, 2.75) is 38.2 Å². The van der Waals surface area contributed by atoms with E-state index in [1.165, 1.54) is 5.56 Å². The fraction of sp³-hybridized carbons (Fsp3) is 0.462. The molecule has 0 atom stereocenters. The molecular formula is C26H30ClN5O4. The molecule has 2 amide bonds. The summed E-state index contributed by atoms with van der Waals surface area (Å²) in [4.78, 5) is 38.9. The second-order valence-corrected chi connectivity index (χ2v) is 10.4. The minimum Gasteiger partial charge on any atom is -0.481 e. The predicted octanol–water partition coefficient (Wildman–Crippen LogP) is 4.46. The van der Waals surface area contributed by atoms with Crippen molar-refractivity contribution in [1.82, 2.24) is 24.8 Å². The molecule has 2 N–H and O–H groups in total. The number of benzene rings is 1. The predicted molar refractivity (Wildman–Crippen MR) is 136 cm³/mol. The van der Waals surface area contributed by atoms with E-state index < -0.39 is 5.97 Å². The molecule has 0 unspecified atom stereocenters. The first kappa shape index (κ1) is 24.4. The van der Waals surface area contributed by atoms with Crippen LogP contribution in [0.1, 0.15) is 31.2 Å². The summed E-state index contributed by atoms with van der Waals surface area (Å²) in [6.45, 7) is 1.29. The van der Waals surface area contributed by atoms with Gasteiger partial charge in [0, 0.05) is 45.6 Å². The number of aromatic nitrogens is 3. The van der Waals surface area contributed by atoms with Gasteiger partial charge < -0.3 is 24.6 Å². The molecule has 1 aromatic carbocycles. The molecule has 0 spiro atoms. The third-order valence-corrected chi connectivity index (χ3v) is 7.40. The van der Waals surface area contributed by atoms with E-state index in [4.69, 9.17) is 21.4 Å². The third kappa shape index (κ3) is 5.11. The summed E-state index contributed by atoms with van der Waals surface area (Å²) >= 11 is 6.56. The van der Waals surface area contributed by atoms with Gasteiger partial charge in [-0.05, 0) is 36.8 Å². The maximum atomic E-state index is 12.1. The summed E-state index contributed by atoms with van der Waals surface area (Å²) in [5.41, 5.74) is 3.96. The van der Waals surface area contributed by atoms with Crippen molar-refractivity contribution >= 4 is 34.8 Å². The second kappa shape index (κ2) is 9.97. The summed E-state index contributed by atoms with van der Waals surface area (Å²) in [5.74, 6) is -0.448. The number of nitrogens with one attached hydrogen (secondary N) is 1. The van der Waals surface area contributed by atoms with Gasteiger partial charge >= 0.3 is 12.0 Å². The van der Waals surface area contributed by atoms with Crippen LogP contribution in [0.4, 0.5) is 4.79 Å². The summed E-state index contributed by atoms with van der Waals surface area (Å²) < 4.78 is 6.07. The minimum absolute atomic E-state index is 0.0199. The number of pyridine rings is 1. The van der Waals surface area contributed by atoms with Gasteiger partial charge in [0.15, 0.2) is 5.65 Å². The van der Waals surface area contributed by atoms with Crippen LogP contribution >= 0.6 is 11.6 Å². The van der Waals surface area contributed by atoms with Gasteiger partial charge in [0.05, 0.1) is 22.2 Å². The highest BCUT2D eigenvalue weighted by Crippen LogP contribution is 2.37. The Bertz CT molecular complexity index is 1260. The number of hydrogen-bond donors (Lipinski definition) is 2. The van der Waals surface area contributed by atoms with E-state index >= 15 is 0 Å². The monoisotopic (exact) mass is 511 g/mol. The van der Waals surface area contributed by atoms with Gasteiger partial charge in [-0.1, -0.05) is 35.9 Å². The molecule has 36 heavy (non-hydrogen) atoms. The molecule has 2 aliphatic rings. The Morgan fingerprint density at radius 1 is 1.17 bits per heavy atom. The molecule has 2 aromatic heterocycles. The lowest BCUT2D eigenvalue weighted by atomic mass is 9.72. The lowest BCUT2D eigenvalue weighted by Crippen LogP contribution is -2.46. The highest BCUT2D eigenvalue weighted by Gasteiger charge is 2.34. The highest BCUT2D eigenvalue weighted by atomic mass is 35.5. The van der Waals surface area contributed by atoms with Crippen molar-refractivity contribution in [3.63, 3.8) is 0 Å². The van der Waals surface area contributed by atoms with Crippen LogP contribution in [-0.4, -0.2) is 75.1 Å². The smallest absolute Gasteiger partial charge is 0.319 e. The molecule has 1 aliphatic heterocycles. The standard InChI is InChI=1S/C26H30ClN5O4/c1-31(2)26(35)32-9-7-19(8-10-32)36-25-28-21-14-20(27)22(29-23(21)30-25)17-5-3-15(4-6-17)11-16-12-18(13-16)24(33)34/h3-6,14,16,18-19H,7-13H2,1-2H3,(H,33,34)(H,28,29,30). The number of hydrogen-bond acceptors (Lipinski definition) is 5. The Balaban J connectivity index is 1.23. The van der Waals surface area contributed by atoms with Crippen molar-refractivity contribution in [2.75, 3.05) is 27.2 Å². The van der Waals surface area contributed by atoms with Gasteiger partial charge in [0.1, 0.15) is 6.10 Å². The van der Waals surface area contributed by atoms with E-state index in [9.17, 15) is 9.59 Å². The lowest BCUT2D eigenvalue weighted by molar-refractivity contribution is -0.146. The van der Waals surface area contributed by atoms with E-state index in [1.54, 1.807) is 19.0 Å². The summed E-state index contributed by atoms with van der Waals surface area (Å²) in [6, 6.07) is 10.3. The van der Waals surface area contributed by atoms with Crippen LogP contribution in [0.3, 0.4) is 0 Å². The molecule has 0 radical (unpaired) electrons. The van der Waals surface area contributed by atoms with Crippen molar-refractivity contribution in [2.24, 2.45) is 11.8 Å². The maximum absolute atomic E-state index is 12.1. The van der Waals surface area contributed by atoms with E-state index in [0.29, 0.717) is 46.9 Å². The third-order valence-electron chi connectivity index (χ3n) is 7.12. The van der Waals surface area contributed by atoms with E-state index in [1.807, 2.05) is 23.1 Å². The quantitative estimate of drug-likeness (QED) is 0.505. The molecule has 5 rings (SSSR count). The summed E-state index contributed by atoms with van der Waals surface area (Å²) in [5, 5.41) is 9.58. The number of imidazole rings is 1. The number of fused-ring (bicyclic) bond motifs is 1. The molecule has 190 valence electrons. The highest BCUT2D eigenvalue weighted by molar-refractivity contribution is 6.33. The molecule has 3 aromatic rings. The number of aromatic amines is 1. The topological polar surface area (TPSA) is 112 Å². The van der Waals surface area contributed by atoms with Crippen molar-refractivity contribution in [1.29, 1.82) is 0 Å². The number of urea groups is 1. The molecule has 10 heteroatoms. The molecule has 0 bridgehead atoms. The first-order valence-electron chi connectivity index (χ1n) is 12.3. The van der Waals surface area contributed by atoms with Crippen LogP contribution in [0.25, 0.3) is 22.4 Å². The number of piperidine rings is 1. The van der Waals surface area contributed by atoms with Gasteiger partial charge in [-0.3, -0.25) is 4.79 Å². The van der Waals surface area contributed by atoms with E-state index in [2.05, 4.69) is 27.1 Å². The normalized spacial score (nSPS) is 20.2. The van der Waals surface area contributed by atoms with Gasteiger partial charge in [-0.15, -0.1) is 0 Å². The Kier molecular flexibility index (Phi) is 6.75. The SMILES string of the molecule is CN(C)C(=O)N1CCC(Oc2nc3nc(-c4ccc(CC5CC(C(=O)O)C5)cc4)c(Cl)cc3[nH]2)CC1. The van der Waals surface area contributed by atoms with Crippen molar-refractivity contribution in [3.05, 3.63) is 40.9 Å². The van der Waals surface area contributed by atoms with Gasteiger partial charge in [0.25, 0.3) is 6.01 Å². The zero-order valence-electron chi connectivity index (χ0n) is 20.4. The second-order valence-electron chi connectivity index (χ2n) is 9.99. The van der Waals surface area contributed by atoms with Crippen LogP contribution in [0.2, 0.25) is 5.02 Å². The maximum Gasteiger partial charge on any atom is 0.319 e. The number of halogens is 1. The number of likely N-dealkylation sites (tertiary alicyclic amines) is 1. The Morgan fingerprint density at radius 3 is 2.50 bits per heavy atom. The van der Waals surface area contributed by atoms with Crippen LogP contribution < -0.4 is 4.74 Å². The molecular weight excluding hydrogens is 482 g/mol. The number of carbonyl (C=O) groups is 2. The van der Waals surface area contributed by atoms with E-state index in [0.717, 1.165) is 37.7 Å². The Labute approximate surface area is 214 Å². The Morgan fingerprint density at radius 2 is 1.86 bits per heavy atom. The number of amides is 2. The van der Waals surface area contributed by atoms with Gasteiger partial charge in [0.2, 0.25) is 0 Å². The zero-order valence-corrected chi connectivity index (χ0v) is 21.2. The van der Waals surface area contributed by atoms with Gasteiger partial charge in [-0.2, -0.15) is 4.98 Å². The fourth-order valence-electron chi connectivity index (χ4n) is 5.00. The molecule has 1 saturated carbocycles. The molecule has 1 aliphatic carbocycles. The van der Waals surface area contributed by atoms with E-state index in [-0.39, 0.29) is 18.1 Å². The first-order chi connectivity index (χ1) is 17.3. The van der Waals surface area contributed by atoms with Crippen LogP contribution in [-0.2, 0) is 11.2 Å². The van der Waals surface area contributed by atoms with Crippen molar-refractivity contribution in [3.8, 4) is 17.3 Å². The number of nitrogens with zero attached hydrogens (tertiary/aromatic N) is 4. The van der Waals surface area contributed by atoms with Crippen LogP contribution in [0.15, 0.2) is 30.3 Å². The molecule has 3 heterocycles. The lowest BCUT2D eigenvalue weighted by Gasteiger charge is -2.33.